The Labute approximate surface area is 107 Å². The van der Waals surface area contributed by atoms with Crippen LogP contribution in [0.5, 0.6) is 0 Å². The van der Waals surface area contributed by atoms with Gasteiger partial charge in [-0.25, -0.2) is 9.37 Å². The first-order valence-electron chi connectivity index (χ1n) is 5.53. The number of fused-ring (bicyclic) bond motifs is 1. The highest BCUT2D eigenvalue weighted by molar-refractivity contribution is 5.65. The second-order valence-corrected chi connectivity index (χ2v) is 4.02. The summed E-state index contributed by atoms with van der Waals surface area (Å²) in [5.74, 6) is -0.431. The van der Waals surface area contributed by atoms with Crippen LogP contribution in [-0.2, 0) is 0 Å². The number of halogens is 1. The second-order valence-electron chi connectivity index (χ2n) is 4.02. The molecule has 2 heterocycles. The molecule has 94 valence electrons. The molecule has 0 saturated heterocycles. The molecule has 0 unspecified atom stereocenters. The number of imidazole rings is 1. The van der Waals surface area contributed by atoms with E-state index in [1.165, 1.54) is 18.2 Å². The third kappa shape index (κ3) is 1.93. The zero-order valence-electron chi connectivity index (χ0n) is 9.65. The fourth-order valence-corrected chi connectivity index (χ4v) is 1.90. The first kappa shape index (κ1) is 11.3. The number of nitrogens with zero attached hydrogens (tertiary/aromatic N) is 3. The van der Waals surface area contributed by atoms with Gasteiger partial charge in [-0.1, -0.05) is 12.1 Å². The van der Waals surface area contributed by atoms with Crippen molar-refractivity contribution in [3.05, 3.63) is 64.7 Å². The van der Waals surface area contributed by atoms with Crippen molar-refractivity contribution in [3.8, 4) is 11.3 Å². The van der Waals surface area contributed by atoms with Crippen molar-refractivity contribution in [1.82, 2.24) is 9.38 Å². The minimum atomic E-state index is -0.472. The molecule has 5 nitrogen and oxygen atoms in total. The van der Waals surface area contributed by atoms with Crippen LogP contribution >= 0.6 is 0 Å². The zero-order chi connectivity index (χ0) is 13.4. The molecule has 0 aliphatic rings. The van der Waals surface area contributed by atoms with Crippen LogP contribution in [0.25, 0.3) is 16.9 Å². The molecular formula is C13H8FN3O2. The molecule has 19 heavy (non-hydrogen) atoms. The summed E-state index contributed by atoms with van der Waals surface area (Å²) < 4.78 is 15.1. The summed E-state index contributed by atoms with van der Waals surface area (Å²) >= 11 is 0. The van der Waals surface area contributed by atoms with E-state index in [1.54, 1.807) is 35.0 Å². The van der Waals surface area contributed by atoms with Crippen molar-refractivity contribution in [2.45, 2.75) is 0 Å². The van der Waals surface area contributed by atoms with E-state index in [0.717, 1.165) is 0 Å². The number of non-ortho nitro benzene ring substituents is 1. The summed E-state index contributed by atoms with van der Waals surface area (Å²) in [5, 5.41) is 10.7. The van der Waals surface area contributed by atoms with E-state index in [2.05, 4.69) is 4.98 Å². The largest absolute Gasteiger partial charge is 0.304 e. The third-order valence-corrected chi connectivity index (χ3v) is 2.79. The van der Waals surface area contributed by atoms with Gasteiger partial charge in [0.05, 0.1) is 10.6 Å². The number of rotatable bonds is 2. The Balaban J connectivity index is 2.16. The van der Waals surface area contributed by atoms with Crippen molar-refractivity contribution < 1.29 is 9.31 Å². The van der Waals surface area contributed by atoms with E-state index in [-0.39, 0.29) is 11.3 Å². The number of hydrogen-bond donors (Lipinski definition) is 0. The van der Waals surface area contributed by atoms with Crippen molar-refractivity contribution in [2.24, 2.45) is 0 Å². The van der Waals surface area contributed by atoms with Gasteiger partial charge in [0.2, 0.25) is 0 Å². The number of nitro groups is 1. The molecule has 1 aromatic carbocycles. The number of benzene rings is 1. The van der Waals surface area contributed by atoms with Gasteiger partial charge in [-0.15, -0.1) is 0 Å². The predicted octanol–water partition coefficient (Wildman–Crippen LogP) is 3.05. The maximum Gasteiger partial charge on any atom is 0.270 e. The Hall–Kier alpha value is -2.76. The van der Waals surface area contributed by atoms with Gasteiger partial charge in [0.15, 0.2) is 11.5 Å². The summed E-state index contributed by atoms with van der Waals surface area (Å²) in [6.45, 7) is 0. The predicted molar refractivity (Wildman–Crippen MR) is 67.2 cm³/mol. The highest BCUT2D eigenvalue weighted by Crippen LogP contribution is 2.24. The van der Waals surface area contributed by atoms with Crippen LogP contribution in [0, 0.1) is 15.9 Å². The molecule has 3 aromatic rings. The lowest BCUT2D eigenvalue weighted by Gasteiger charge is -1.95. The summed E-state index contributed by atoms with van der Waals surface area (Å²) in [6, 6.07) is 8.99. The highest BCUT2D eigenvalue weighted by atomic mass is 19.1. The lowest BCUT2D eigenvalue weighted by Crippen LogP contribution is -1.88. The molecule has 0 fully saturated rings. The molecule has 0 amide bonds. The summed E-state index contributed by atoms with van der Waals surface area (Å²) in [5.41, 5.74) is 1.25. The summed E-state index contributed by atoms with van der Waals surface area (Å²) in [6.07, 6.45) is 3.31. The van der Waals surface area contributed by atoms with Crippen LogP contribution in [0.3, 0.4) is 0 Å². The lowest BCUT2D eigenvalue weighted by molar-refractivity contribution is -0.384. The van der Waals surface area contributed by atoms with E-state index < -0.39 is 10.7 Å². The minimum Gasteiger partial charge on any atom is -0.304 e. The van der Waals surface area contributed by atoms with Crippen LogP contribution in [-0.4, -0.2) is 14.3 Å². The van der Waals surface area contributed by atoms with Crippen LogP contribution in [0.15, 0.2) is 48.8 Å². The van der Waals surface area contributed by atoms with E-state index in [9.17, 15) is 14.5 Å². The molecule has 0 saturated carbocycles. The fraction of sp³-hybridized carbons (Fsp3) is 0. The first-order chi connectivity index (χ1) is 9.15. The van der Waals surface area contributed by atoms with E-state index in [4.69, 9.17) is 0 Å². The topological polar surface area (TPSA) is 60.4 Å². The quantitative estimate of drug-likeness (QED) is 0.523. The van der Waals surface area contributed by atoms with E-state index in [1.807, 2.05) is 0 Å². The molecule has 0 bridgehead atoms. The average Bonchev–Trinajstić information content (AvgIpc) is 2.84. The van der Waals surface area contributed by atoms with Crippen molar-refractivity contribution in [3.63, 3.8) is 0 Å². The van der Waals surface area contributed by atoms with Gasteiger partial charge in [-0.05, 0) is 12.1 Å². The molecule has 0 aliphatic heterocycles. The van der Waals surface area contributed by atoms with Crippen molar-refractivity contribution in [2.75, 3.05) is 0 Å². The summed E-state index contributed by atoms with van der Waals surface area (Å²) in [7, 11) is 0. The van der Waals surface area contributed by atoms with Gasteiger partial charge in [0.1, 0.15) is 0 Å². The Morgan fingerprint density at radius 1 is 1.26 bits per heavy atom. The molecule has 6 heteroatoms. The smallest absolute Gasteiger partial charge is 0.270 e. The molecule has 0 radical (unpaired) electrons. The number of nitro benzene ring substituents is 1. The van der Waals surface area contributed by atoms with Gasteiger partial charge in [-0.2, -0.15) is 0 Å². The second kappa shape index (κ2) is 4.16. The average molecular weight is 257 g/mol. The fourth-order valence-electron chi connectivity index (χ4n) is 1.90. The molecule has 0 atom stereocenters. The van der Waals surface area contributed by atoms with Crippen LogP contribution in [0.4, 0.5) is 10.1 Å². The Morgan fingerprint density at radius 3 is 2.84 bits per heavy atom. The zero-order valence-corrected chi connectivity index (χ0v) is 9.65. The van der Waals surface area contributed by atoms with Gasteiger partial charge in [0.25, 0.3) is 5.69 Å². The van der Waals surface area contributed by atoms with Gasteiger partial charge >= 0.3 is 0 Å². The highest BCUT2D eigenvalue weighted by Gasteiger charge is 2.11. The van der Waals surface area contributed by atoms with Gasteiger partial charge in [-0.3, -0.25) is 10.1 Å². The Bertz CT molecular complexity index is 782. The Kier molecular flexibility index (Phi) is 2.49. The lowest BCUT2D eigenvalue weighted by atomic mass is 10.1. The molecule has 0 spiro atoms. The molecule has 0 aliphatic carbocycles. The van der Waals surface area contributed by atoms with Gasteiger partial charge < -0.3 is 4.40 Å². The number of hydrogen-bond acceptors (Lipinski definition) is 3. The maximum absolute atomic E-state index is 13.5. The normalized spacial score (nSPS) is 10.8. The van der Waals surface area contributed by atoms with Crippen LogP contribution in [0.2, 0.25) is 0 Å². The monoisotopic (exact) mass is 257 g/mol. The van der Waals surface area contributed by atoms with E-state index in [0.29, 0.717) is 11.3 Å². The summed E-state index contributed by atoms with van der Waals surface area (Å²) in [4.78, 5) is 14.4. The van der Waals surface area contributed by atoms with Crippen LogP contribution in [0.1, 0.15) is 0 Å². The third-order valence-electron chi connectivity index (χ3n) is 2.79. The maximum atomic E-state index is 13.5. The standard InChI is InChI=1S/C13H8FN3O2/c14-11-5-2-6-16-8-12(15-13(11)16)9-3-1-4-10(7-9)17(18)19/h1-8H. The van der Waals surface area contributed by atoms with Crippen molar-refractivity contribution in [1.29, 1.82) is 0 Å². The van der Waals surface area contributed by atoms with E-state index >= 15 is 0 Å². The van der Waals surface area contributed by atoms with Crippen LogP contribution < -0.4 is 0 Å². The molecule has 3 rings (SSSR count). The Morgan fingerprint density at radius 2 is 2.11 bits per heavy atom. The van der Waals surface area contributed by atoms with Gasteiger partial charge in [0, 0.05) is 30.1 Å². The number of pyridine rings is 1. The number of aromatic nitrogens is 2. The molecule has 0 N–H and O–H groups in total. The molecule has 2 aromatic heterocycles. The minimum absolute atomic E-state index is 0.0185. The SMILES string of the molecule is O=[N+]([O-])c1cccc(-c2cn3cccc(F)c3n2)c1. The molecular weight excluding hydrogens is 249 g/mol. The first-order valence-corrected chi connectivity index (χ1v) is 5.53. The van der Waals surface area contributed by atoms with Crippen molar-refractivity contribution >= 4 is 11.3 Å².